The van der Waals surface area contributed by atoms with Gasteiger partial charge in [-0.2, -0.15) is 0 Å². The van der Waals surface area contributed by atoms with E-state index < -0.39 is 18.1 Å². The van der Waals surface area contributed by atoms with Crippen LogP contribution in [0.2, 0.25) is 0 Å². The number of amides is 1. The van der Waals surface area contributed by atoms with Crippen LogP contribution in [0.15, 0.2) is 91.0 Å². The summed E-state index contributed by atoms with van der Waals surface area (Å²) in [6, 6.07) is 23.4. The van der Waals surface area contributed by atoms with Crippen molar-refractivity contribution in [2.45, 2.75) is 31.7 Å². The molecule has 0 saturated carbocycles. The summed E-state index contributed by atoms with van der Waals surface area (Å²) in [5.74, 6) is -1.11. The average molecular weight is 480 g/mol. The highest BCUT2D eigenvalue weighted by Gasteiger charge is 2.30. The van der Waals surface area contributed by atoms with Crippen LogP contribution in [0.5, 0.6) is 0 Å². The van der Waals surface area contributed by atoms with E-state index in [2.05, 4.69) is 54.7 Å². The van der Waals surface area contributed by atoms with Crippen molar-refractivity contribution in [3.05, 3.63) is 113 Å². The van der Waals surface area contributed by atoms with E-state index in [9.17, 15) is 14.7 Å². The van der Waals surface area contributed by atoms with Gasteiger partial charge in [-0.05, 0) is 64.6 Å². The zero-order valence-electron chi connectivity index (χ0n) is 20.2. The van der Waals surface area contributed by atoms with E-state index in [4.69, 9.17) is 4.74 Å². The Hall–Kier alpha value is -4.12. The van der Waals surface area contributed by atoms with Crippen molar-refractivity contribution in [3.63, 3.8) is 0 Å². The lowest BCUT2D eigenvalue weighted by Crippen LogP contribution is -2.42. The van der Waals surface area contributed by atoms with Gasteiger partial charge in [0.1, 0.15) is 12.6 Å². The first-order valence-corrected chi connectivity index (χ1v) is 12.3. The van der Waals surface area contributed by atoms with Gasteiger partial charge in [0.15, 0.2) is 0 Å². The van der Waals surface area contributed by atoms with Gasteiger partial charge in [0.05, 0.1) is 0 Å². The number of benzene rings is 3. The highest BCUT2D eigenvalue weighted by atomic mass is 16.5. The van der Waals surface area contributed by atoms with Crippen molar-refractivity contribution in [2.24, 2.45) is 5.92 Å². The molecule has 2 atom stereocenters. The summed E-state index contributed by atoms with van der Waals surface area (Å²) < 4.78 is 5.55. The molecule has 3 aromatic carbocycles. The Bertz CT molecular complexity index is 1310. The molecule has 36 heavy (non-hydrogen) atoms. The van der Waals surface area contributed by atoms with Gasteiger partial charge in [0.25, 0.3) is 0 Å². The molecule has 0 radical (unpaired) electrons. The first-order chi connectivity index (χ1) is 17.5. The molecule has 5 rings (SSSR count). The van der Waals surface area contributed by atoms with Gasteiger partial charge in [-0.3, -0.25) is 0 Å². The summed E-state index contributed by atoms with van der Waals surface area (Å²) in [7, 11) is 0. The second-order valence-corrected chi connectivity index (χ2v) is 9.43. The van der Waals surface area contributed by atoms with Crippen LogP contribution in [0.3, 0.4) is 0 Å². The molecule has 5 heteroatoms. The first kappa shape index (κ1) is 23.6. The normalized spacial score (nSPS) is 17.0. The van der Waals surface area contributed by atoms with Crippen molar-refractivity contribution in [1.82, 2.24) is 5.32 Å². The molecular weight excluding hydrogens is 450 g/mol. The quantitative estimate of drug-likeness (QED) is 0.415. The number of aryl methyl sites for hydroxylation is 1. The summed E-state index contributed by atoms with van der Waals surface area (Å²) in [6.07, 6.45) is 6.53. The fourth-order valence-electron chi connectivity index (χ4n) is 5.24. The van der Waals surface area contributed by atoms with Crippen molar-refractivity contribution in [3.8, 4) is 11.1 Å². The Morgan fingerprint density at radius 2 is 1.56 bits per heavy atom. The van der Waals surface area contributed by atoms with Gasteiger partial charge in [0.2, 0.25) is 0 Å². The molecule has 0 aromatic heterocycles. The Kier molecular flexibility index (Phi) is 6.72. The molecule has 0 saturated heterocycles. The molecule has 182 valence electrons. The zero-order chi connectivity index (χ0) is 25.1. The van der Waals surface area contributed by atoms with E-state index in [1.807, 2.05) is 48.6 Å². The number of carboxylic acid groups (broad SMARTS) is 1. The van der Waals surface area contributed by atoms with Crippen LogP contribution in [0.4, 0.5) is 4.79 Å². The Morgan fingerprint density at radius 1 is 0.944 bits per heavy atom. The minimum absolute atomic E-state index is 0.0211. The number of fused-ring (bicyclic) bond motifs is 3. The van der Waals surface area contributed by atoms with Gasteiger partial charge in [0, 0.05) is 5.92 Å². The number of hydrogen-bond donors (Lipinski definition) is 2. The minimum atomic E-state index is -1.06. The molecule has 2 aliphatic rings. The van der Waals surface area contributed by atoms with Crippen LogP contribution in [-0.2, 0) is 9.53 Å². The van der Waals surface area contributed by atoms with E-state index in [-0.39, 0.29) is 18.4 Å². The summed E-state index contributed by atoms with van der Waals surface area (Å²) >= 11 is 0. The molecule has 1 amide bonds. The summed E-state index contributed by atoms with van der Waals surface area (Å²) in [6.45, 7) is 2.23. The number of carbonyl (C=O) groups excluding carboxylic acids is 1. The SMILES string of the molecule is Cc1ccccc1C1=CCC(CC(NC(=O)OCC2c3ccccc3-c3ccccc32)C(=O)O)C=C1. The van der Waals surface area contributed by atoms with Gasteiger partial charge in [-0.15, -0.1) is 0 Å². The fourth-order valence-corrected chi connectivity index (χ4v) is 5.24. The molecule has 0 fully saturated rings. The molecule has 2 aliphatic carbocycles. The lowest BCUT2D eigenvalue weighted by molar-refractivity contribution is -0.139. The Balaban J connectivity index is 1.19. The maximum absolute atomic E-state index is 12.6. The molecular formula is C31H29NO4. The molecule has 2 N–H and O–H groups in total. The van der Waals surface area contributed by atoms with E-state index in [1.54, 1.807) is 0 Å². The largest absolute Gasteiger partial charge is 0.480 e. The number of carboxylic acids is 1. The van der Waals surface area contributed by atoms with E-state index in [0.29, 0.717) is 6.42 Å². The summed E-state index contributed by atoms with van der Waals surface area (Å²) in [5.41, 5.74) is 8.04. The van der Waals surface area contributed by atoms with E-state index in [0.717, 1.165) is 34.2 Å². The zero-order valence-corrected chi connectivity index (χ0v) is 20.2. The topological polar surface area (TPSA) is 75.6 Å². The van der Waals surface area contributed by atoms with Crippen LogP contribution < -0.4 is 5.32 Å². The molecule has 2 unspecified atom stereocenters. The number of hydrogen-bond acceptors (Lipinski definition) is 3. The summed E-state index contributed by atoms with van der Waals surface area (Å²) in [5, 5.41) is 12.3. The third kappa shape index (κ3) is 4.82. The highest BCUT2D eigenvalue weighted by Crippen LogP contribution is 2.44. The third-order valence-corrected chi connectivity index (χ3v) is 7.12. The molecule has 0 bridgehead atoms. The van der Waals surface area contributed by atoms with Crippen molar-refractivity contribution < 1.29 is 19.4 Å². The van der Waals surface area contributed by atoms with Crippen molar-refractivity contribution in [2.75, 3.05) is 6.61 Å². The van der Waals surface area contributed by atoms with Crippen LogP contribution in [0.25, 0.3) is 16.7 Å². The van der Waals surface area contributed by atoms with E-state index in [1.165, 1.54) is 11.1 Å². The number of rotatable bonds is 7. The molecule has 0 heterocycles. The van der Waals surface area contributed by atoms with Crippen LogP contribution in [0, 0.1) is 12.8 Å². The lowest BCUT2D eigenvalue weighted by atomic mass is 9.88. The van der Waals surface area contributed by atoms with E-state index >= 15 is 0 Å². The standard InChI is InChI=1S/C31H29NO4/c1-20-8-2-3-9-23(20)22-16-14-21(15-17-22)18-29(30(33)34)32-31(35)36-19-28-26-12-6-4-10-24(26)25-11-5-7-13-27(25)28/h2-14,16-17,21,28-29H,15,18-19H2,1H3,(H,32,35)(H,33,34). The van der Waals surface area contributed by atoms with Crippen molar-refractivity contribution in [1.29, 1.82) is 0 Å². The third-order valence-electron chi connectivity index (χ3n) is 7.12. The second-order valence-electron chi connectivity index (χ2n) is 9.43. The Morgan fingerprint density at radius 3 is 2.14 bits per heavy atom. The maximum Gasteiger partial charge on any atom is 0.407 e. The van der Waals surface area contributed by atoms with Gasteiger partial charge in [-0.1, -0.05) is 91.0 Å². The molecule has 0 spiro atoms. The van der Waals surface area contributed by atoms with Gasteiger partial charge in [-0.25, -0.2) is 9.59 Å². The molecule has 0 aliphatic heterocycles. The van der Waals surface area contributed by atoms with Gasteiger partial charge < -0.3 is 15.2 Å². The number of ether oxygens (including phenoxy) is 1. The van der Waals surface area contributed by atoms with Crippen LogP contribution >= 0.6 is 0 Å². The highest BCUT2D eigenvalue weighted by molar-refractivity contribution is 5.81. The fraction of sp³-hybridized carbons (Fsp3) is 0.226. The molecule has 5 nitrogen and oxygen atoms in total. The van der Waals surface area contributed by atoms with Crippen LogP contribution in [-0.4, -0.2) is 29.8 Å². The lowest BCUT2D eigenvalue weighted by Gasteiger charge is -2.22. The monoisotopic (exact) mass is 479 g/mol. The number of nitrogens with one attached hydrogen (secondary N) is 1. The number of carbonyl (C=O) groups is 2. The molecule has 3 aromatic rings. The van der Waals surface area contributed by atoms with Crippen molar-refractivity contribution >= 4 is 17.6 Å². The Labute approximate surface area is 211 Å². The number of alkyl carbamates (subject to hydrolysis) is 1. The second kappa shape index (κ2) is 10.2. The predicted molar refractivity (Wildman–Crippen MR) is 141 cm³/mol. The predicted octanol–water partition coefficient (Wildman–Crippen LogP) is 6.34. The van der Waals surface area contributed by atoms with Gasteiger partial charge >= 0.3 is 12.1 Å². The number of allylic oxidation sites excluding steroid dienone is 4. The first-order valence-electron chi connectivity index (χ1n) is 12.3. The summed E-state index contributed by atoms with van der Waals surface area (Å²) in [4.78, 5) is 24.5. The van der Waals surface area contributed by atoms with Crippen LogP contribution in [0.1, 0.15) is 41.0 Å². The maximum atomic E-state index is 12.6. The average Bonchev–Trinajstić information content (AvgIpc) is 3.21. The number of aliphatic carboxylic acids is 1. The minimum Gasteiger partial charge on any atom is -0.480 e. The smallest absolute Gasteiger partial charge is 0.407 e.